The summed E-state index contributed by atoms with van der Waals surface area (Å²) < 4.78 is 5.79. The lowest BCUT2D eigenvalue weighted by Gasteiger charge is -2.22. The maximum Gasteiger partial charge on any atom is 0.354 e. The summed E-state index contributed by atoms with van der Waals surface area (Å²) in [5, 5.41) is 9.01. The summed E-state index contributed by atoms with van der Waals surface area (Å²) in [6.07, 6.45) is 2.53. The third-order valence-electron chi connectivity index (χ3n) is 4.06. The molecule has 2 aromatic heterocycles. The van der Waals surface area contributed by atoms with Gasteiger partial charge in [0, 0.05) is 13.0 Å². The summed E-state index contributed by atoms with van der Waals surface area (Å²) >= 11 is 0. The summed E-state index contributed by atoms with van der Waals surface area (Å²) in [5.74, 6) is 0.272. The van der Waals surface area contributed by atoms with Crippen LogP contribution < -0.4 is 0 Å². The molecule has 2 aromatic rings. The highest BCUT2D eigenvalue weighted by Gasteiger charge is 2.33. The largest absolute Gasteiger partial charge is 0.477 e. The van der Waals surface area contributed by atoms with Gasteiger partial charge in [0.05, 0.1) is 6.04 Å². The molecule has 3 heterocycles. The number of pyridine rings is 1. The Hall–Kier alpha value is -2.63. The van der Waals surface area contributed by atoms with Gasteiger partial charge < -0.3 is 14.4 Å². The smallest absolute Gasteiger partial charge is 0.354 e. The Kier molecular flexibility index (Phi) is 4.14. The van der Waals surface area contributed by atoms with Crippen molar-refractivity contribution in [2.24, 2.45) is 0 Å². The molecule has 3 rings (SSSR count). The third kappa shape index (κ3) is 2.97. The fourth-order valence-electron chi connectivity index (χ4n) is 2.89. The zero-order valence-corrected chi connectivity index (χ0v) is 12.9. The van der Waals surface area contributed by atoms with Gasteiger partial charge in [0.2, 0.25) is 0 Å². The van der Waals surface area contributed by atoms with Gasteiger partial charge in [0.25, 0.3) is 5.91 Å². The van der Waals surface area contributed by atoms with E-state index in [0.717, 1.165) is 30.8 Å². The van der Waals surface area contributed by atoms with Crippen LogP contribution in [0, 0.1) is 0 Å². The van der Waals surface area contributed by atoms with Crippen molar-refractivity contribution in [3.8, 4) is 0 Å². The highest BCUT2D eigenvalue weighted by Crippen LogP contribution is 2.34. The van der Waals surface area contributed by atoms with Crippen LogP contribution in [-0.4, -0.2) is 33.4 Å². The first-order chi connectivity index (χ1) is 11.1. The monoisotopic (exact) mass is 314 g/mol. The van der Waals surface area contributed by atoms with Gasteiger partial charge in [-0.05, 0) is 37.1 Å². The number of likely N-dealkylation sites (tertiary alicyclic amines) is 1. The van der Waals surface area contributed by atoms with E-state index in [4.69, 9.17) is 9.52 Å². The minimum atomic E-state index is -1.14. The molecule has 1 N–H and O–H groups in total. The van der Waals surface area contributed by atoms with Crippen LogP contribution in [0.3, 0.4) is 0 Å². The van der Waals surface area contributed by atoms with Crippen molar-refractivity contribution in [2.75, 3.05) is 6.54 Å². The van der Waals surface area contributed by atoms with E-state index in [2.05, 4.69) is 4.98 Å². The van der Waals surface area contributed by atoms with E-state index >= 15 is 0 Å². The Bertz CT molecular complexity index is 738. The molecule has 0 aromatic carbocycles. The Morgan fingerprint density at radius 3 is 2.78 bits per heavy atom. The number of carboxylic acids is 1. The van der Waals surface area contributed by atoms with Crippen LogP contribution in [0.1, 0.15) is 58.3 Å². The molecule has 23 heavy (non-hydrogen) atoms. The number of carbonyl (C=O) groups excluding carboxylic acids is 1. The molecule has 0 radical (unpaired) electrons. The van der Waals surface area contributed by atoms with E-state index in [1.54, 1.807) is 11.0 Å². The summed E-state index contributed by atoms with van der Waals surface area (Å²) in [4.78, 5) is 29.4. The Balaban J connectivity index is 1.86. The number of furan rings is 1. The van der Waals surface area contributed by atoms with Crippen molar-refractivity contribution in [2.45, 2.75) is 32.2 Å². The number of aromatic carboxylic acids is 1. The van der Waals surface area contributed by atoms with Gasteiger partial charge >= 0.3 is 5.97 Å². The number of carbonyl (C=O) groups is 2. The minimum Gasteiger partial charge on any atom is -0.477 e. The average molecular weight is 314 g/mol. The van der Waals surface area contributed by atoms with Crippen LogP contribution in [0.2, 0.25) is 0 Å². The Morgan fingerprint density at radius 1 is 1.30 bits per heavy atom. The highest BCUT2D eigenvalue weighted by atomic mass is 16.4. The van der Waals surface area contributed by atoms with E-state index in [1.165, 1.54) is 12.1 Å². The van der Waals surface area contributed by atoms with Gasteiger partial charge in [0.1, 0.15) is 22.9 Å². The van der Waals surface area contributed by atoms with E-state index in [0.29, 0.717) is 6.54 Å². The van der Waals surface area contributed by atoms with Crippen LogP contribution in [0.5, 0.6) is 0 Å². The predicted octanol–water partition coefficient (Wildman–Crippen LogP) is 2.91. The first-order valence-electron chi connectivity index (χ1n) is 7.70. The second-order valence-corrected chi connectivity index (χ2v) is 5.53. The van der Waals surface area contributed by atoms with E-state index < -0.39 is 5.97 Å². The highest BCUT2D eigenvalue weighted by molar-refractivity contribution is 5.94. The maximum absolute atomic E-state index is 12.7. The molecule has 0 aliphatic carbocycles. The van der Waals surface area contributed by atoms with Crippen molar-refractivity contribution in [1.82, 2.24) is 9.88 Å². The van der Waals surface area contributed by atoms with Gasteiger partial charge in [-0.25, -0.2) is 9.78 Å². The number of amides is 1. The lowest BCUT2D eigenvalue weighted by atomic mass is 10.1. The van der Waals surface area contributed by atoms with Crippen LogP contribution >= 0.6 is 0 Å². The number of aryl methyl sites for hydroxylation is 1. The quantitative estimate of drug-likeness (QED) is 0.938. The minimum absolute atomic E-state index is 0.113. The third-order valence-corrected chi connectivity index (χ3v) is 4.06. The number of carboxylic acid groups (broad SMARTS) is 1. The van der Waals surface area contributed by atoms with Crippen LogP contribution in [-0.2, 0) is 6.42 Å². The SMILES string of the molecule is CCc1ccc(C2CCCN2C(=O)c2cccc(C(=O)O)n2)o1. The predicted molar refractivity (Wildman–Crippen MR) is 82.3 cm³/mol. The van der Waals surface area contributed by atoms with Crippen LogP contribution in [0.25, 0.3) is 0 Å². The fourth-order valence-corrected chi connectivity index (χ4v) is 2.89. The molecule has 1 unspecified atom stereocenters. The molecule has 1 fully saturated rings. The molecular formula is C17H18N2O4. The first kappa shape index (κ1) is 15.3. The second-order valence-electron chi connectivity index (χ2n) is 5.53. The van der Waals surface area contributed by atoms with Crippen molar-refractivity contribution < 1.29 is 19.1 Å². The molecule has 1 aliphatic heterocycles. The zero-order valence-electron chi connectivity index (χ0n) is 12.9. The van der Waals surface area contributed by atoms with E-state index in [1.807, 2.05) is 19.1 Å². The molecular weight excluding hydrogens is 296 g/mol. The first-order valence-corrected chi connectivity index (χ1v) is 7.70. The van der Waals surface area contributed by atoms with Crippen molar-refractivity contribution in [1.29, 1.82) is 0 Å². The maximum atomic E-state index is 12.7. The molecule has 0 saturated carbocycles. The summed E-state index contributed by atoms with van der Waals surface area (Å²) in [7, 11) is 0. The van der Waals surface area contributed by atoms with Gasteiger partial charge in [-0.2, -0.15) is 0 Å². The van der Waals surface area contributed by atoms with Gasteiger partial charge in [-0.1, -0.05) is 13.0 Å². The normalized spacial score (nSPS) is 17.4. The average Bonchev–Trinajstić information content (AvgIpc) is 3.22. The topological polar surface area (TPSA) is 83.6 Å². The zero-order chi connectivity index (χ0) is 16.4. The fraction of sp³-hybridized carbons (Fsp3) is 0.353. The van der Waals surface area contributed by atoms with Crippen molar-refractivity contribution >= 4 is 11.9 Å². The number of rotatable bonds is 4. The number of nitrogens with zero attached hydrogens (tertiary/aromatic N) is 2. The van der Waals surface area contributed by atoms with Crippen molar-refractivity contribution in [3.05, 3.63) is 53.2 Å². The molecule has 1 atom stereocenters. The molecule has 6 heteroatoms. The summed E-state index contributed by atoms with van der Waals surface area (Å²) in [5.41, 5.74) is 0.0249. The summed E-state index contributed by atoms with van der Waals surface area (Å²) in [6, 6.07) is 8.19. The number of hydrogen-bond donors (Lipinski definition) is 1. The van der Waals surface area contributed by atoms with Crippen LogP contribution in [0.4, 0.5) is 0 Å². The van der Waals surface area contributed by atoms with Crippen LogP contribution in [0.15, 0.2) is 34.7 Å². The Labute approximate surface area is 133 Å². The number of aromatic nitrogens is 1. The number of hydrogen-bond acceptors (Lipinski definition) is 4. The molecule has 6 nitrogen and oxygen atoms in total. The van der Waals surface area contributed by atoms with E-state index in [-0.39, 0.29) is 23.3 Å². The second kappa shape index (κ2) is 6.24. The van der Waals surface area contributed by atoms with Gasteiger partial charge in [-0.15, -0.1) is 0 Å². The molecule has 120 valence electrons. The lowest BCUT2D eigenvalue weighted by molar-refractivity contribution is 0.0688. The van der Waals surface area contributed by atoms with Crippen molar-refractivity contribution in [3.63, 3.8) is 0 Å². The molecule has 1 aliphatic rings. The molecule has 1 saturated heterocycles. The molecule has 1 amide bonds. The van der Waals surface area contributed by atoms with Gasteiger partial charge in [0.15, 0.2) is 0 Å². The Morgan fingerprint density at radius 2 is 2.09 bits per heavy atom. The van der Waals surface area contributed by atoms with E-state index in [9.17, 15) is 9.59 Å². The lowest BCUT2D eigenvalue weighted by Crippen LogP contribution is -2.31. The molecule has 0 bridgehead atoms. The van der Waals surface area contributed by atoms with Gasteiger partial charge in [-0.3, -0.25) is 4.79 Å². The molecule has 0 spiro atoms. The standard InChI is InChI=1S/C17H18N2O4/c1-2-11-8-9-15(23-11)14-7-4-10-19(14)16(20)12-5-3-6-13(18-12)17(21)22/h3,5-6,8-9,14H,2,4,7,10H2,1H3,(H,21,22). The summed E-state index contributed by atoms with van der Waals surface area (Å²) in [6.45, 7) is 2.63.